The van der Waals surface area contributed by atoms with Crippen LogP contribution in [0.5, 0.6) is 0 Å². The van der Waals surface area contributed by atoms with Gasteiger partial charge in [0.1, 0.15) is 0 Å². The number of hydrogen-bond donors (Lipinski definition) is 1. The molecule has 0 amide bonds. The molecular weight excluding hydrogens is 335 g/mol. The van der Waals surface area contributed by atoms with Crippen LogP contribution in [0.3, 0.4) is 0 Å². The maximum absolute atomic E-state index is 12.5. The van der Waals surface area contributed by atoms with Crippen molar-refractivity contribution in [1.82, 2.24) is 4.72 Å². The minimum absolute atomic E-state index is 0.627. The molecule has 1 aromatic rings. The number of halogens is 3. The molecule has 1 aromatic carbocycles. The summed E-state index contributed by atoms with van der Waals surface area (Å²) in [5.41, 5.74) is -4.72. The zero-order valence-corrected chi connectivity index (χ0v) is 14.6. The summed E-state index contributed by atoms with van der Waals surface area (Å²) in [7, 11) is -7.52. The van der Waals surface area contributed by atoms with Crippen molar-refractivity contribution >= 4 is 18.3 Å². The van der Waals surface area contributed by atoms with Crippen molar-refractivity contribution in [2.75, 3.05) is 0 Å². The van der Waals surface area contributed by atoms with E-state index in [0.29, 0.717) is 5.56 Å². The van der Waals surface area contributed by atoms with Gasteiger partial charge >= 0.3 is 15.5 Å². The molecule has 0 saturated carbocycles. The van der Waals surface area contributed by atoms with E-state index in [-0.39, 0.29) is 0 Å². The van der Waals surface area contributed by atoms with Crippen molar-refractivity contribution in [3.63, 3.8) is 0 Å². The molecule has 0 spiro atoms. The summed E-state index contributed by atoms with van der Waals surface area (Å²) in [6.07, 6.45) is -0.787. The Kier molecular flexibility index (Phi) is 5.82. The van der Waals surface area contributed by atoms with Crippen molar-refractivity contribution in [1.29, 1.82) is 0 Å². The van der Waals surface area contributed by atoms with Gasteiger partial charge in [-0.2, -0.15) is 13.2 Å². The van der Waals surface area contributed by atoms with E-state index in [9.17, 15) is 21.6 Å². The molecule has 0 aliphatic heterocycles. The van der Waals surface area contributed by atoms with Crippen LogP contribution < -0.4 is 4.72 Å². The van der Waals surface area contributed by atoms with E-state index in [0.717, 1.165) is 0 Å². The first kappa shape index (κ1) is 19.1. The van der Waals surface area contributed by atoms with Gasteiger partial charge in [-0.3, -0.25) is 0 Å². The number of rotatable bonds is 6. The van der Waals surface area contributed by atoms with E-state index < -0.39 is 36.0 Å². The lowest BCUT2D eigenvalue weighted by molar-refractivity contribution is -0.0454. The third kappa shape index (κ3) is 5.38. The highest BCUT2D eigenvalue weighted by molar-refractivity contribution is 7.90. The Morgan fingerprint density at radius 3 is 2.05 bits per heavy atom. The second kappa shape index (κ2) is 6.69. The fraction of sp³-hybridized carbons (Fsp3) is 0.538. The number of benzene rings is 1. The molecule has 0 aromatic heterocycles. The summed E-state index contributed by atoms with van der Waals surface area (Å²) in [4.78, 5) is 0. The highest BCUT2D eigenvalue weighted by atomic mass is 32.2. The number of nitrogens with one attached hydrogen (secondary N) is 1. The average molecular weight is 355 g/mol. The lowest BCUT2D eigenvalue weighted by Crippen LogP contribution is -2.46. The molecule has 2 atom stereocenters. The summed E-state index contributed by atoms with van der Waals surface area (Å²) in [5, 5.41) is 0. The molecule has 0 radical (unpaired) electrons. The van der Waals surface area contributed by atoms with E-state index in [1.165, 1.54) is 6.92 Å². The molecule has 0 heterocycles. The van der Waals surface area contributed by atoms with Crippen molar-refractivity contribution in [2.24, 2.45) is 0 Å². The van der Waals surface area contributed by atoms with Gasteiger partial charge < -0.3 is 4.43 Å². The Balaban J connectivity index is 3.07. The summed E-state index contributed by atoms with van der Waals surface area (Å²) >= 11 is 0. The van der Waals surface area contributed by atoms with Crippen LogP contribution in [0.1, 0.15) is 18.6 Å². The van der Waals surface area contributed by atoms with Crippen LogP contribution >= 0.6 is 0 Å². The monoisotopic (exact) mass is 355 g/mol. The second-order valence-electron chi connectivity index (χ2n) is 5.92. The maximum Gasteiger partial charge on any atom is 0.511 e. The Labute approximate surface area is 129 Å². The van der Waals surface area contributed by atoms with Gasteiger partial charge in [0.25, 0.3) is 0 Å². The van der Waals surface area contributed by atoms with Crippen LogP contribution in [-0.4, -0.2) is 28.3 Å². The van der Waals surface area contributed by atoms with Gasteiger partial charge in [-0.1, -0.05) is 30.3 Å². The molecular formula is C13H20F3NO3SSi. The highest BCUT2D eigenvalue weighted by Gasteiger charge is 2.47. The maximum atomic E-state index is 12.5. The molecule has 0 fully saturated rings. The Bertz CT molecular complexity index is 585. The Morgan fingerprint density at radius 1 is 1.14 bits per heavy atom. The minimum atomic E-state index is -5.42. The molecule has 0 saturated heterocycles. The SMILES string of the molecule is C[C@@H](NS(=O)(=O)C(F)(F)F)[C@H](O[Si](C)(C)C)c1ccccc1. The van der Waals surface area contributed by atoms with Gasteiger partial charge in [0.2, 0.25) is 0 Å². The summed E-state index contributed by atoms with van der Waals surface area (Å²) in [6.45, 7) is 7.01. The lowest BCUT2D eigenvalue weighted by Gasteiger charge is -2.31. The van der Waals surface area contributed by atoms with E-state index >= 15 is 0 Å². The van der Waals surface area contributed by atoms with E-state index in [1.807, 2.05) is 19.6 Å². The van der Waals surface area contributed by atoms with E-state index in [2.05, 4.69) is 0 Å². The minimum Gasteiger partial charge on any atom is -0.409 e. The normalized spacial score (nSPS) is 16.3. The van der Waals surface area contributed by atoms with Gasteiger partial charge in [-0.25, -0.2) is 13.1 Å². The fourth-order valence-corrected chi connectivity index (χ4v) is 3.70. The molecule has 9 heteroatoms. The third-order valence-electron chi connectivity index (χ3n) is 2.71. The quantitative estimate of drug-likeness (QED) is 0.796. The number of sulfonamides is 1. The topological polar surface area (TPSA) is 55.4 Å². The summed E-state index contributed by atoms with van der Waals surface area (Å²) in [6, 6.07) is 7.55. The van der Waals surface area contributed by atoms with Crippen molar-refractivity contribution in [2.45, 2.75) is 44.2 Å². The first-order valence-electron chi connectivity index (χ1n) is 6.65. The first-order valence-corrected chi connectivity index (χ1v) is 11.5. The smallest absolute Gasteiger partial charge is 0.409 e. The first-order chi connectivity index (χ1) is 9.83. The van der Waals surface area contributed by atoms with Crippen LogP contribution in [0.2, 0.25) is 19.6 Å². The molecule has 1 rings (SSSR count). The van der Waals surface area contributed by atoms with Crippen LogP contribution in [-0.2, 0) is 14.4 Å². The molecule has 22 heavy (non-hydrogen) atoms. The van der Waals surface area contributed by atoms with Crippen LogP contribution in [0.15, 0.2) is 30.3 Å². The lowest BCUT2D eigenvalue weighted by atomic mass is 10.0. The predicted octanol–water partition coefficient (Wildman–Crippen LogP) is 3.41. The van der Waals surface area contributed by atoms with E-state index in [4.69, 9.17) is 4.43 Å². The molecule has 0 unspecified atom stereocenters. The second-order valence-corrected chi connectivity index (χ2v) is 12.1. The standard InChI is InChI=1S/C13H20F3NO3SSi/c1-10(17-21(18,19)13(14,15)16)12(20-22(2,3)4)11-8-6-5-7-9-11/h5-10,12,17H,1-4H3/t10-,12+/m1/s1. The van der Waals surface area contributed by atoms with Gasteiger partial charge in [0.15, 0.2) is 8.32 Å². The molecule has 0 bridgehead atoms. The molecule has 126 valence electrons. The van der Waals surface area contributed by atoms with Crippen molar-refractivity contribution in [3.8, 4) is 0 Å². The van der Waals surface area contributed by atoms with Crippen LogP contribution in [0.25, 0.3) is 0 Å². The molecule has 1 N–H and O–H groups in total. The Morgan fingerprint density at radius 2 is 1.64 bits per heavy atom. The van der Waals surface area contributed by atoms with Crippen molar-refractivity contribution in [3.05, 3.63) is 35.9 Å². The largest absolute Gasteiger partial charge is 0.511 e. The van der Waals surface area contributed by atoms with E-state index in [1.54, 1.807) is 35.1 Å². The van der Waals surface area contributed by atoms with Gasteiger partial charge in [-0.15, -0.1) is 0 Å². The van der Waals surface area contributed by atoms with Crippen LogP contribution in [0.4, 0.5) is 13.2 Å². The zero-order chi connectivity index (χ0) is 17.2. The molecule has 0 aliphatic carbocycles. The zero-order valence-electron chi connectivity index (χ0n) is 12.8. The van der Waals surface area contributed by atoms with Gasteiger partial charge in [-0.05, 0) is 32.1 Å². The number of hydrogen-bond acceptors (Lipinski definition) is 3. The summed E-state index contributed by atoms with van der Waals surface area (Å²) < 4.78 is 67.7. The van der Waals surface area contributed by atoms with Gasteiger partial charge in [0, 0.05) is 6.04 Å². The number of alkyl halides is 3. The predicted molar refractivity (Wildman–Crippen MR) is 81.2 cm³/mol. The highest BCUT2D eigenvalue weighted by Crippen LogP contribution is 2.28. The molecule has 4 nitrogen and oxygen atoms in total. The van der Waals surface area contributed by atoms with Crippen LogP contribution in [0, 0.1) is 0 Å². The van der Waals surface area contributed by atoms with Gasteiger partial charge in [0.05, 0.1) is 6.10 Å². The fourth-order valence-electron chi connectivity index (χ4n) is 1.86. The van der Waals surface area contributed by atoms with Crippen molar-refractivity contribution < 1.29 is 26.0 Å². The molecule has 0 aliphatic rings. The third-order valence-corrected chi connectivity index (χ3v) is 4.96. The summed E-state index contributed by atoms with van der Waals surface area (Å²) in [5.74, 6) is 0. The Hall–Kier alpha value is -0.903. The average Bonchev–Trinajstić information content (AvgIpc) is 2.34.